The number of nitriles is 1. The van der Waals surface area contributed by atoms with Gasteiger partial charge in [-0.25, -0.2) is 4.98 Å². The summed E-state index contributed by atoms with van der Waals surface area (Å²) in [5.74, 6) is 0.952. The highest BCUT2D eigenvalue weighted by Crippen LogP contribution is 2.13. The molecule has 0 aliphatic carbocycles. The van der Waals surface area contributed by atoms with E-state index in [1.165, 1.54) is 0 Å². The minimum Gasteiger partial charge on any atom is -0.474 e. The van der Waals surface area contributed by atoms with Crippen molar-refractivity contribution in [3.8, 4) is 11.9 Å². The Balaban J connectivity index is 2.73. The molecule has 1 rings (SSSR count). The standard InChI is InChI=1S/C11H14N2O/c1-8(2)9(3)14-11-6-4-5-10(7-12)13-11/h4-6,8-9H,1-3H3. The van der Waals surface area contributed by atoms with Crippen molar-refractivity contribution in [3.63, 3.8) is 0 Å². The Kier molecular flexibility index (Phi) is 3.47. The van der Waals surface area contributed by atoms with Crippen LogP contribution >= 0.6 is 0 Å². The van der Waals surface area contributed by atoms with E-state index in [-0.39, 0.29) is 6.10 Å². The first-order chi connectivity index (χ1) is 6.63. The van der Waals surface area contributed by atoms with Crippen LogP contribution in [-0.4, -0.2) is 11.1 Å². The SMILES string of the molecule is CC(C)C(C)Oc1cccc(C#N)n1. The lowest BCUT2D eigenvalue weighted by Crippen LogP contribution is -2.19. The van der Waals surface area contributed by atoms with Gasteiger partial charge in [0.25, 0.3) is 0 Å². The molecule has 14 heavy (non-hydrogen) atoms. The maximum Gasteiger partial charge on any atom is 0.214 e. The highest BCUT2D eigenvalue weighted by Gasteiger charge is 2.09. The second-order valence-corrected chi connectivity index (χ2v) is 3.54. The molecule has 3 nitrogen and oxygen atoms in total. The Morgan fingerprint density at radius 1 is 1.36 bits per heavy atom. The van der Waals surface area contributed by atoms with Gasteiger partial charge in [0.05, 0.1) is 6.10 Å². The summed E-state index contributed by atoms with van der Waals surface area (Å²) in [6.07, 6.45) is 0.108. The zero-order valence-electron chi connectivity index (χ0n) is 8.69. The average molecular weight is 190 g/mol. The van der Waals surface area contributed by atoms with Crippen LogP contribution in [0.1, 0.15) is 26.5 Å². The minimum absolute atomic E-state index is 0.108. The van der Waals surface area contributed by atoms with Crippen LogP contribution in [0.3, 0.4) is 0 Å². The Labute approximate surface area is 84.3 Å². The van der Waals surface area contributed by atoms with Crippen molar-refractivity contribution in [2.45, 2.75) is 26.9 Å². The maximum atomic E-state index is 8.64. The van der Waals surface area contributed by atoms with E-state index in [1.54, 1.807) is 18.2 Å². The first-order valence-corrected chi connectivity index (χ1v) is 4.67. The van der Waals surface area contributed by atoms with E-state index in [0.29, 0.717) is 17.5 Å². The molecule has 0 amide bonds. The van der Waals surface area contributed by atoms with E-state index in [4.69, 9.17) is 10.00 Å². The van der Waals surface area contributed by atoms with Crippen LogP contribution in [-0.2, 0) is 0 Å². The summed E-state index contributed by atoms with van der Waals surface area (Å²) in [4.78, 5) is 4.03. The maximum absolute atomic E-state index is 8.64. The van der Waals surface area contributed by atoms with E-state index >= 15 is 0 Å². The van der Waals surface area contributed by atoms with Crippen LogP contribution in [0.4, 0.5) is 0 Å². The first kappa shape index (κ1) is 10.5. The van der Waals surface area contributed by atoms with Gasteiger partial charge in [-0.1, -0.05) is 19.9 Å². The molecule has 0 spiro atoms. The monoisotopic (exact) mass is 190 g/mol. The van der Waals surface area contributed by atoms with Crippen LogP contribution in [0, 0.1) is 17.2 Å². The predicted molar refractivity (Wildman–Crippen MR) is 53.9 cm³/mol. The van der Waals surface area contributed by atoms with E-state index in [0.717, 1.165) is 0 Å². The van der Waals surface area contributed by atoms with Crippen molar-refractivity contribution >= 4 is 0 Å². The van der Waals surface area contributed by atoms with Crippen LogP contribution in [0.25, 0.3) is 0 Å². The summed E-state index contributed by atoms with van der Waals surface area (Å²) in [5.41, 5.74) is 0.387. The van der Waals surface area contributed by atoms with Crippen LogP contribution in [0.5, 0.6) is 5.88 Å². The van der Waals surface area contributed by atoms with Crippen LogP contribution < -0.4 is 4.74 Å². The molecule has 0 bridgehead atoms. The fourth-order valence-corrected chi connectivity index (χ4v) is 0.869. The summed E-state index contributed by atoms with van der Waals surface area (Å²) in [7, 11) is 0. The summed E-state index contributed by atoms with van der Waals surface area (Å²) in [6, 6.07) is 7.17. The summed E-state index contributed by atoms with van der Waals surface area (Å²) >= 11 is 0. The Hall–Kier alpha value is -1.56. The largest absolute Gasteiger partial charge is 0.474 e. The molecule has 0 saturated heterocycles. The third-order valence-electron chi connectivity index (χ3n) is 2.08. The molecule has 1 aromatic heterocycles. The lowest BCUT2D eigenvalue weighted by molar-refractivity contribution is 0.163. The Morgan fingerprint density at radius 3 is 2.64 bits per heavy atom. The van der Waals surface area contributed by atoms with Crippen molar-refractivity contribution in [2.24, 2.45) is 5.92 Å². The number of aromatic nitrogens is 1. The first-order valence-electron chi connectivity index (χ1n) is 4.67. The molecule has 0 N–H and O–H groups in total. The topological polar surface area (TPSA) is 45.9 Å². The lowest BCUT2D eigenvalue weighted by Gasteiger charge is -2.16. The molecule has 0 aliphatic heterocycles. The van der Waals surface area contributed by atoms with Crippen LogP contribution in [0.15, 0.2) is 18.2 Å². The second-order valence-electron chi connectivity index (χ2n) is 3.54. The lowest BCUT2D eigenvalue weighted by atomic mass is 10.1. The minimum atomic E-state index is 0.108. The van der Waals surface area contributed by atoms with E-state index in [1.807, 2.05) is 13.0 Å². The van der Waals surface area contributed by atoms with Gasteiger partial charge in [-0.15, -0.1) is 0 Å². The quantitative estimate of drug-likeness (QED) is 0.735. The van der Waals surface area contributed by atoms with Gasteiger partial charge in [-0.05, 0) is 18.9 Å². The fraction of sp³-hybridized carbons (Fsp3) is 0.455. The van der Waals surface area contributed by atoms with Crippen molar-refractivity contribution in [1.29, 1.82) is 5.26 Å². The molecule has 3 heteroatoms. The fourth-order valence-electron chi connectivity index (χ4n) is 0.869. The van der Waals surface area contributed by atoms with Gasteiger partial charge in [0, 0.05) is 6.07 Å². The molecular formula is C11H14N2O. The van der Waals surface area contributed by atoms with Crippen molar-refractivity contribution < 1.29 is 4.74 Å². The van der Waals surface area contributed by atoms with Gasteiger partial charge in [-0.3, -0.25) is 0 Å². The Bertz CT molecular complexity index is 341. The predicted octanol–water partition coefficient (Wildman–Crippen LogP) is 2.38. The number of hydrogen-bond acceptors (Lipinski definition) is 3. The van der Waals surface area contributed by atoms with E-state index in [9.17, 15) is 0 Å². The summed E-state index contributed by atoms with van der Waals surface area (Å²) in [6.45, 7) is 6.16. The highest BCUT2D eigenvalue weighted by atomic mass is 16.5. The Morgan fingerprint density at radius 2 is 2.07 bits per heavy atom. The van der Waals surface area contributed by atoms with E-state index in [2.05, 4.69) is 18.8 Å². The summed E-state index contributed by atoms with van der Waals surface area (Å²) < 4.78 is 5.56. The van der Waals surface area contributed by atoms with Crippen molar-refractivity contribution in [1.82, 2.24) is 4.98 Å². The van der Waals surface area contributed by atoms with Gasteiger partial charge in [-0.2, -0.15) is 5.26 Å². The molecule has 0 saturated carbocycles. The van der Waals surface area contributed by atoms with Gasteiger partial charge in [0.1, 0.15) is 11.8 Å². The van der Waals surface area contributed by atoms with Gasteiger partial charge >= 0.3 is 0 Å². The second kappa shape index (κ2) is 4.61. The van der Waals surface area contributed by atoms with Gasteiger partial charge in [0.2, 0.25) is 5.88 Å². The molecule has 0 aromatic carbocycles. The molecule has 0 fully saturated rings. The molecule has 1 aromatic rings. The number of pyridine rings is 1. The zero-order chi connectivity index (χ0) is 10.6. The number of hydrogen-bond donors (Lipinski definition) is 0. The van der Waals surface area contributed by atoms with Crippen molar-refractivity contribution in [3.05, 3.63) is 23.9 Å². The van der Waals surface area contributed by atoms with Crippen LogP contribution in [0.2, 0.25) is 0 Å². The average Bonchev–Trinajstić information content (AvgIpc) is 2.18. The third-order valence-corrected chi connectivity index (χ3v) is 2.08. The summed E-state index contributed by atoms with van der Waals surface area (Å²) in [5, 5.41) is 8.64. The molecule has 0 radical (unpaired) electrons. The highest BCUT2D eigenvalue weighted by molar-refractivity contribution is 5.24. The van der Waals surface area contributed by atoms with Gasteiger partial charge < -0.3 is 4.74 Å². The molecule has 74 valence electrons. The molecule has 1 unspecified atom stereocenters. The normalized spacial score (nSPS) is 12.2. The molecule has 1 heterocycles. The number of ether oxygens (including phenoxy) is 1. The number of rotatable bonds is 3. The number of nitrogens with zero attached hydrogens (tertiary/aromatic N) is 2. The third kappa shape index (κ3) is 2.74. The molecular weight excluding hydrogens is 176 g/mol. The van der Waals surface area contributed by atoms with Crippen molar-refractivity contribution in [2.75, 3.05) is 0 Å². The van der Waals surface area contributed by atoms with E-state index < -0.39 is 0 Å². The zero-order valence-corrected chi connectivity index (χ0v) is 8.69. The molecule has 0 aliphatic rings. The smallest absolute Gasteiger partial charge is 0.214 e. The molecule has 1 atom stereocenters. The van der Waals surface area contributed by atoms with Gasteiger partial charge in [0.15, 0.2) is 0 Å².